The third-order valence-corrected chi connectivity index (χ3v) is 4.47. The van der Waals surface area contributed by atoms with Crippen molar-refractivity contribution in [3.05, 3.63) is 0 Å². The maximum atomic E-state index is 9.16. The van der Waals surface area contributed by atoms with Crippen molar-refractivity contribution in [2.24, 2.45) is 0 Å². The molecule has 3 unspecified atom stereocenters. The Balaban J connectivity index is 1.47. The van der Waals surface area contributed by atoms with Crippen LogP contribution in [0.25, 0.3) is 0 Å². The molecule has 1 heterocycles. The number of hydrogen-bond acceptors (Lipinski definition) is 4. The van der Waals surface area contributed by atoms with Crippen LogP contribution in [0.5, 0.6) is 0 Å². The number of morpholine rings is 1. The van der Waals surface area contributed by atoms with Crippen molar-refractivity contribution in [3.63, 3.8) is 0 Å². The van der Waals surface area contributed by atoms with Gasteiger partial charge >= 0.3 is 0 Å². The van der Waals surface area contributed by atoms with Crippen molar-refractivity contribution in [2.45, 2.75) is 62.8 Å². The van der Waals surface area contributed by atoms with Crippen LogP contribution in [0.2, 0.25) is 0 Å². The quantitative estimate of drug-likeness (QED) is 0.797. The standard InChI is InChI=1S/C14H23N3O/c15-10-12(16-11-4-5-11)6-7-17-8-9-18-14-3-1-2-13(14)17/h11-14,16H,1-9H2. The first-order valence-electron chi connectivity index (χ1n) is 7.38. The van der Waals surface area contributed by atoms with Gasteiger partial charge in [0.05, 0.1) is 24.8 Å². The number of rotatable bonds is 5. The first-order chi connectivity index (χ1) is 8.86. The molecule has 0 amide bonds. The smallest absolute Gasteiger partial charge is 0.0967 e. The van der Waals surface area contributed by atoms with Crippen molar-refractivity contribution in [2.75, 3.05) is 19.7 Å². The molecular formula is C14H23N3O. The number of hydrogen-bond donors (Lipinski definition) is 1. The lowest BCUT2D eigenvalue weighted by Gasteiger charge is -2.38. The molecule has 0 bridgehead atoms. The Labute approximate surface area is 109 Å². The van der Waals surface area contributed by atoms with Gasteiger partial charge in [0.25, 0.3) is 0 Å². The largest absolute Gasteiger partial charge is 0.375 e. The van der Waals surface area contributed by atoms with E-state index in [1.807, 2.05) is 0 Å². The molecule has 3 aliphatic rings. The van der Waals surface area contributed by atoms with Gasteiger partial charge in [-0.2, -0.15) is 5.26 Å². The zero-order chi connectivity index (χ0) is 12.4. The van der Waals surface area contributed by atoms with Crippen LogP contribution in [0.15, 0.2) is 0 Å². The highest BCUT2D eigenvalue weighted by Crippen LogP contribution is 2.29. The lowest BCUT2D eigenvalue weighted by Crippen LogP contribution is -2.49. The molecule has 2 aliphatic carbocycles. The minimum Gasteiger partial charge on any atom is -0.375 e. The van der Waals surface area contributed by atoms with E-state index in [0.29, 0.717) is 18.2 Å². The molecule has 1 saturated heterocycles. The highest BCUT2D eigenvalue weighted by molar-refractivity contribution is 4.97. The molecular weight excluding hydrogens is 226 g/mol. The number of nitrogens with one attached hydrogen (secondary N) is 1. The van der Waals surface area contributed by atoms with Crippen molar-refractivity contribution in [1.29, 1.82) is 5.26 Å². The van der Waals surface area contributed by atoms with E-state index in [4.69, 9.17) is 10.00 Å². The summed E-state index contributed by atoms with van der Waals surface area (Å²) in [6.07, 6.45) is 7.72. The number of fused-ring (bicyclic) bond motifs is 1. The zero-order valence-electron chi connectivity index (χ0n) is 11.0. The summed E-state index contributed by atoms with van der Waals surface area (Å²) in [7, 11) is 0. The molecule has 0 spiro atoms. The van der Waals surface area contributed by atoms with Gasteiger partial charge in [0.15, 0.2) is 0 Å². The third-order valence-electron chi connectivity index (χ3n) is 4.47. The van der Waals surface area contributed by atoms with Crippen molar-refractivity contribution >= 4 is 0 Å². The van der Waals surface area contributed by atoms with Gasteiger partial charge < -0.3 is 4.74 Å². The summed E-state index contributed by atoms with van der Waals surface area (Å²) >= 11 is 0. The fourth-order valence-corrected chi connectivity index (χ4v) is 3.30. The second-order valence-corrected chi connectivity index (χ2v) is 5.85. The van der Waals surface area contributed by atoms with Crippen LogP contribution in [0.3, 0.4) is 0 Å². The van der Waals surface area contributed by atoms with Crippen LogP contribution >= 0.6 is 0 Å². The molecule has 0 aromatic heterocycles. The summed E-state index contributed by atoms with van der Waals surface area (Å²) in [5.74, 6) is 0. The molecule has 2 saturated carbocycles. The average Bonchev–Trinajstić information content (AvgIpc) is 3.08. The molecule has 1 aliphatic heterocycles. The van der Waals surface area contributed by atoms with Crippen molar-refractivity contribution in [3.8, 4) is 6.07 Å². The highest BCUT2D eigenvalue weighted by Gasteiger charge is 2.36. The zero-order valence-corrected chi connectivity index (χ0v) is 11.0. The Morgan fingerprint density at radius 1 is 1.33 bits per heavy atom. The van der Waals surface area contributed by atoms with E-state index < -0.39 is 0 Å². The van der Waals surface area contributed by atoms with E-state index in [2.05, 4.69) is 16.3 Å². The predicted molar refractivity (Wildman–Crippen MR) is 69.1 cm³/mol. The van der Waals surface area contributed by atoms with Crippen LogP contribution in [-0.4, -0.2) is 48.8 Å². The molecule has 1 N–H and O–H groups in total. The van der Waals surface area contributed by atoms with Crippen molar-refractivity contribution in [1.82, 2.24) is 10.2 Å². The highest BCUT2D eigenvalue weighted by atomic mass is 16.5. The Morgan fingerprint density at radius 3 is 3.00 bits per heavy atom. The summed E-state index contributed by atoms with van der Waals surface area (Å²) in [5.41, 5.74) is 0. The molecule has 18 heavy (non-hydrogen) atoms. The maximum Gasteiger partial charge on any atom is 0.0967 e. The van der Waals surface area contributed by atoms with Gasteiger partial charge in [0.2, 0.25) is 0 Å². The molecule has 0 aromatic rings. The van der Waals surface area contributed by atoms with Gasteiger partial charge in [-0.05, 0) is 38.5 Å². The molecule has 3 atom stereocenters. The minimum absolute atomic E-state index is 0.0418. The number of nitrogens with zero attached hydrogens (tertiary/aromatic N) is 2. The normalized spacial score (nSPS) is 33.9. The average molecular weight is 249 g/mol. The second kappa shape index (κ2) is 5.56. The molecule has 100 valence electrons. The van der Waals surface area contributed by atoms with Crippen LogP contribution in [0.1, 0.15) is 38.5 Å². The predicted octanol–water partition coefficient (Wildman–Crippen LogP) is 1.27. The van der Waals surface area contributed by atoms with Crippen LogP contribution in [-0.2, 0) is 4.74 Å². The maximum absolute atomic E-state index is 9.16. The summed E-state index contributed by atoms with van der Waals surface area (Å²) in [6.45, 7) is 2.96. The van der Waals surface area contributed by atoms with Crippen LogP contribution < -0.4 is 5.32 Å². The number of ether oxygens (including phenoxy) is 1. The van der Waals surface area contributed by atoms with E-state index in [0.717, 1.165) is 26.1 Å². The molecule has 3 rings (SSSR count). The van der Waals surface area contributed by atoms with E-state index >= 15 is 0 Å². The van der Waals surface area contributed by atoms with Gasteiger partial charge in [0, 0.05) is 25.2 Å². The van der Waals surface area contributed by atoms with E-state index in [1.54, 1.807) is 0 Å². The first-order valence-corrected chi connectivity index (χ1v) is 7.38. The lowest BCUT2D eigenvalue weighted by molar-refractivity contribution is -0.0560. The van der Waals surface area contributed by atoms with Gasteiger partial charge in [-0.1, -0.05) is 0 Å². The molecule has 3 fully saturated rings. The number of nitriles is 1. The Hall–Kier alpha value is -0.630. The summed E-state index contributed by atoms with van der Waals surface area (Å²) in [5, 5.41) is 12.6. The fraction of sp³-hybridized carbons (Fsp3) is 0.929. The van der Waals surface area contributed by atoms with E-state index in [9.17, 15) is 0 Å². The minimum atomic E-state index is 0.0418. The molecule has 4 heteroatoms. The second-order valence-electron chi connectivity index (χ2n) is 5.85. The molecule has 0 aromatic carbocycles. The van der Waals surface area contributed by atoms with Gasteiger partial charge in [-0.25, -0.2) is 0 Å². The summed E-state index contributed by atoms with van der Waals surface area (Å²) in [4.78, 5) is 2.56. The third kappa shape index (κ3) is 2.85. The van der Waals surface area contributed by atoms with Crippen LogP contribution in [0.4, 0.5) is 0 Å². The first kappa shape index (κ1) is 12.4. The Kier molecular flexibility index (Phi) is 3.83. The summed E-state index contributed by atoms with van der Waals surface area (Å²) in [6, 6.07) is 3.69. The SMILES string of the molecule is N#CC(CCN1CCOC2CCCC21)NC1CC1. The summed E-state index contributed by atoms with van der Waals surface area (Å²) < 4.78 is 5.82. The monoisotopic (exact) mass is 249 g/mol. The van der Waals surface area contributed by atoms with E-state index in [1.165, 1.54) is 32.1 Å². The van der Waals surface area contributed by atoms with Crippen LogP contribution in [0, 0.1) is 11.3 Å². The molecule has 0 radical (unpaired) electrons. The Bertz CT molecular complexity index is 323. The van der Waals surface area contributed by atoms with Gasteiger partial charge in [-0.15, -0.1) is 0 Å². The lowest BCUT2D eigenvalue weighted by atomic mass is 10.1. The van der Waals surface area contributed by atoms with Gasteiger partial charge in [0.1, 0.15) is 0 Å². The Morgan fingerprint density at radius 2 is 2.22 bits per heavy atom. The van der Waals surface area contributed by atoms with Gasteiger partial charge in [-0.3, -0.25) is 10.2 Å². The topological polar surface area (TPSA) is 48.3 Å². The van der Waals surface area contributed by atoms with Crippen molar-refractivity contribution < 1.29 is 4.74 Å². The molecule has 4 nitrogen and oxygen atoms in total. The fourth-order valence-electron chi connectivity index (χ4n) is 3.30. The van der Waals surface area contributed by atoms with E-state index in [-0.39, 0.29) is 6.04 Å².